The minimum absolute atomic E-state index is 0. The van der Waals surface area contributed by atoms with Crippen LogP contribution in [0.2, 0.25) is 0 Å². The Morgan fingerprint density at radius 3 is 2.12 bits per heavy atom. The molecule has 0 bridgehead atoms. The maximum absolute atomic E-state index is 11.6. The number of carbonyl (C=O) groups is 1. The average Bonchev–Trinajstić information content (AvgIpc) is 3.24. The zero-order valence-electron chi connectivity index (χ0n) is 19.7. The van der Waals surface area contributed by atoms with Gasteiger partial charge in [0.25, 0.3) is 5.69 Å². The number of fused-ring (bicyclic) bond motifs is 1. The van der Waals surface area contributed by atoms with E-state index in [2.05, 4.69) is 4.98 Å². The van der Waals surface area contributed by atoms with E-state index >= 15 is 0 Å². The van der Waals surface area contributed by atoms with Crippen molar-refractivity contribution in [3.63, 3.8) is 0 Å². The van der Waals surface area contributed by atoms with Gasteiger partial charge < -0.3 is 14.5 Å². The lowest BCUT2D eigenvalue weighted by Crippen LogP contribution is -2.03. The molecule has 0 aliphatic heterocycles. The first-order valence-electron chi connectivity index (χ1n) is 10.5. The number of rotatable bonds is 5. The van der Waals surface area contributed by atoms with Gasteiger partial charge in [0.2, 0.25) is 0 Å². The number of non-ortho nitro benzene ring substituents is 1. The number of methoxy groups -OCH3 is 2. The molecule has 0 spiro atoms. The van der Waals surface area contributed by atoms with Crippen LogP contribution >= 0.6 is 0 Å². The summed E-state index contributed by atoms with van der Waals surface area (Å²) in [6.07, 6.45) is 2.33. The van der Waals surface area contributed by atoms with E-state index in [4.69, 9.17) is 9.47 Å². The smallest absolute Gasteiger partial charge is 0.337 e. The zero-order valence-corrected chi connectivity index (χ0v) is 19.7. The van der Waals surface area contributed by atoms with Gasteiger partial charge in [-0.05, 0) is 29.3 Å². The predicted molar refractivity (Wildman–Crippen MR) is 133 cm³/mol. The molecule has 0 aliphatic rings. The van der Waals surface area contributed by atoms with Crippen LogP contribution < -0.4 is 4.74 Å². The van der Waals surface area contributed by atoms with Crippen molar-refractivity contribution in [3.05, 3.63) is 69.4 Å². The maximum Gasteiger partial charge on any atom is 0.337 e. The largest absolute Gasteiger partial charge is 0.496 e. The fraction of sp³-hybridized carbons (Fsp3) is 0.400. The second kappa shape index (κ2) is 16.4. The fourth-order valence-electron chi connectivity index (χ4n) is 2.77. The predicted octanol–water partition coefficient (Wildman–Crippen LogP) is 7.18. The summed E-state index contributed by atoms with van der Waals surface area (Å²) in [6, 6.07) is 9.79. The van der Waals surface area contributed by atoms with Crippen LogP contribution in [0.4, 0.5) is 5.69 Å². The molecule has 1 N–H and O–H groups in total. The van der Waals surface area contributed by atoms with E-state index in [1.807, 2.05) is 47.7 Å². The number of nitrogens with zero attached hydrogens (tertiary/aromatic N) is 1. The number of hydrogen-bond acceptors (Lipinski definition) is 5. The summed E-state index contributed by atoms with van der Waals surface area (Å²) in [6.45, 7) is 12.0. The Labute approximate surface area is 191 Å². The molecular formula is C25H38N2O5. The topological polar surface area (TPSA) is 94.5 Å². The van der Waals surface area contributed by atoms with Crippen LogP contribution in [0.5, 0.6) is 5.75 Å². The number of hydrogen-bond donors (Lipinski definition) is 1. The number of benzene rings is 2. The lowest BCUT2D eigenvalue weighted by atomic mass is 10.0. The highest BCUT2D eigenvalue weighted by Gasteiger charge is 2.14. The van der Waals surface area contributed by atoms with E-state index in [-0.39, 0.29) is 13.1 Å². The van der Waals surface area contributed by atoms with Crippen LogP contribution in [-0.2, 0) is 11.2 Å². The fourth-order valence-corrected chi connectivity index (χ4v) is 2.77. The molecule has 0 amide bonds. The Bertz CT molecular complexity index is 964. The number of H-pyrrole nitrogens is 1. The Morgan fingerprint density at radius 1 is 0.969 bits per heavy atom. The second-order valence-corrected chi connectivity index (χ2v) is 5.50. The molecule has 0 saturated heterocycles. The number of aromatic nitrogens is 1. The molecule has 32 heavy (non-hydrogen) atoms. The molecule has 3 aromatic rings. The van der Waals surface area contributed by atoms with Crippen molar-refractivity contribution in [1.29, 1.82) is 0 Å². The van der Waals surface area contributed by atoms with Gasteiger partial charge in [0.15, 0.2) is 0 Å². The van der Waals surface area contributed by atoms with Gasteiger partial charge in [-0.15, -0.1) is 0 Å². The number of ether oxygens (including phenoxy) is 2. The summed E-state index contributed by atoms with van der Waals surface area (Å²) in [4.78, 5) is 25.3. The van der Waals surface area contributed by atoms with Crippen molar-refractivity contribution in [1.82, 2.24) is 4.98 Å². The van der Waals surface area contributed by atoms with E-state index < -0.39 is 10.9 Å². The van der Waals surface area contributed by atoms with Gasteiger partial charge in [0.1, 0.15) is 5.75 Å². The average molecular weight is 447 g/mol. The van der Waals surface area contributed by atoms with E-state index in [9.17, 15) is 14.9 Å². The number of esters is 1. The lowest BCUT2D eigenvalue weighted by Gasteiger charge is -2.10. The monoisotopic (exact) mass is 446 g/mol. The molecule has 2 aromatic carbocycles. The van der Waals surface area contributed by atoms with Crippen LogP contribution in [-0.4, -0.2) is 30.1 Å². The highest BCUT2D eigenvalue weighted by Crippen LogP contribution is 2.29. The van der Waals surface area contributed by atoms with Crippen LogP contribution in [0.3, 0.4) is 0 Å². The minimum atomic E-state index is -0.437. The molecule has 178 valence electrons. The third-order valence-corrected chi connectivity index (χ3v) is 4.05. The van der Waals surface area contributed by atoms with Gasteiger partial charge in [-0.2, -0.15) is 0 Å². The number of nitro groups is 1. The zero-order chi connectivity index (χ0) is 24.0. The SMILES string of the molecule is C.CC.CC.CC.COC(=O)c1ccc(Cc2c[nH]c3ccc([N+](=O)[O-])cc23)c(OC)c1. The Hall–Kier alpha value is -3.35. The van der Waals surface area contributed by atoms with E-state index in [1.54, 1.807) is 30.3 Å². The first-order valence-corrected chi connectivity index (χ1v) is 10.5. The highest BCUT2D eigenvalue weighted by atomic mass is 16.6. The normalized spacial score (nSPS) is 8.88. The van der Waals surface area contributed by atoms with Crippen molar-refractivity contribution < 1.29 is 19.2 Å². The van der Waals surface area contributed by atoms with E-state index in [1.165, 1.54) is 20.3 Å². The summed E-state index contributed by atoms with van der Waals surface area (Å²) in [5, 5.41) is 11.8. The van der Waals surface area contributed by atoms with Gasteiger partial charge in [-0.3, -0.25) is 10.1 Å². The molecule has 1 heterocycles. The molecule has 0 radical (unpaired) electrons. The minimum Gasteiger partial charge on any atom is -0.496 e. The molecule has 0 aliphatic carbocycles. The molecule has 0 saturated carbocycles. The Morgan fingerprint density at radius 2 is 1.59 bits per heavy atom. The number of nitro benzene ring substituents is 1. The molecule has 1 aromatic heterocycles. The summed E-state index contributed by atoms with van der Waals surface area (Å²) in [5.74, 6) is 0.121. The number of aromatic amines is 1. The molecule has 7 nitrogen and oxygen atoms in total. The van der Waals surface area contributed by atoms with Crippen LogP contribution in [0.1, 0.15) is 70.5 Å². The standard InChI is InChI=1S/C18H16N2O5.3C2H6.CH4/c1-24-17-8-12(18(21)25-2)4-3-11(17)7-13-10-19-16-6-5-14(20(22)23)9-15(13)16;3*1-2;/h3-6,8-10,19H,7H2,1-2H3;3*1-2H3;1H4. The van der Waals surface area contributed by atoms with Gasteiger partial charge in [0.05, 0.1) is 24.7 Å². The summed E-state index contributed by atoms with van der Waals surface area (Å²) < 4.78 is 10.1. The maximum atomic E-state index is 11.6. The van der Waals surface area contributed by atoms with Gasteiger partial charge >= 0.3 is 5.97 Å². The van der Waals surface area contributed by atoms with Crippen molar-refractivity contribution in [3.8, 4) is 5.75 Å². The molecule has 7 heteroatoms. The first-order chi connectivity index (χ1) is 15.0. The van der Waals surface area contributed by atoms with Crippen molar-refractivity contribution in [2.75, 3.05) is 14.2 Å². The third-order valence-electron chi connectivity index (χ3n) is 4.05. The molecule has 0 unspecified atom stereocenters. The van der Waals surface area contributed by atoms with E-state index in [0.29, 0.717) is 17.7 Å². The Kier molecular flexibility index (Phi) is 15.8. The summed E-state index contributed by atoms with van der Waals surface area (Å²) in [7, 11) is 2.85. The van der Waals surface area contributed by atoms with Crippen LogP contribution in [0.25, 0.3) is 10.9 Å². The molecular weight excluding hydrogens is 408 g/mol. The van der Waals surface area contributed by atoms with Crippen LogP contribution in [0.15, 0.2) is 42.6 Å². The molecule has 0 atom stereocenters. The van der Waals surface area contributed by atoms with Crippen LogP contribution in [0, 0.1) is 10.1 Å². The highest BCUT2D eigenvalue weighted by molar-refractivity contribution is 5.90. The first kappa shape index (κ1) is 30.8. The third kappa shape index (κ3) is 7.72. The lowest BCUT2D eigenvalue weighted by molar-refractivity contribution is -0.384. The van der Waals surface area contributed by atoms with Gasteiger partial charge in [0, 0.05) is 35.7 Å². The quantitative estimate of drug-likeness (QED) is 0.254. The second-order valence-electron chi connectivity index (χ2n) is 5.50. The van der Waals surface area contributed by atoms with E-state index in [0.717, 1.165) is 22.0 Å². The van der Waals surface area contributed by atoms with Gasteiger partial charge in [-0.1, -0.05) is 55.0 Å². The molecule has 0 fully saturated rings. The van der Waals surface area contributed by atoms with Gasteiger partial charge in [-0.25, -0.2) is 4.79 Å². The van der Waals surface area contributed by atoms with Crippen molar-refractivity contribution in [2.45, 2.75) is 55.4 Å². The van der Waals surface area contributed by atoms with Crippen molar-refractivity contribution in [2.24, 2.45) is 0 Å². The molecule has 3 rings (SSSR count). The summed E-state index contributed by atoms with van der Waals surface area (Å²) >= 11 is 0. The Balaban J connectivity index is 0. The summed E-state index contributed by atoms with van der Waals surface area (Å²) in [5.41, 5.74) is 3.04. The number of nitrogens with one attached hydrogen (secondary N) is 1. The number of carbonyl (C=O) groups excluding carboxylic acids is 1. The van der Waals surface area contributed by atoms with Crippen molar-refractivity contribution >= 4 is 22.6 Å².